The Balaban J connectivity index is 2.61. The molecule has 1 rings (SSSR count). The molecule has 0 aromatic heterocycles. The van der Waals surface area contributed by atoms with Crippen molar-refractivity contribution in [2.24, 2.45) is 0 Å². The van der Waals surface area contributed by atoms with E-state index in [1.54, 1.807) is 5.54 Å². The van der Waals surface area contributed by atoms with E-state index in [2.05, 4.69) is 37.9 Å². The van der Waals surface area contributed by atoms with Gasteiger partial charge in [-0.2, -0.15) is 0 Å². The van der Waals surface area contributed by atoms with Gasteiger partial charge in [0, 0.05) is 36.8 Å². The minimum Gasteiger partial charge on any atom is -0.309 e. The predicted molar refractivity (Wildman–Crippen MR) is 67.3 cm³/mol. The molecule has 0 bridgehead atoms. The van der Waals surface area contributed by atoms with Crippen molar-refractivity contribution in [1.82, 2.24) is 10.2 Å². The molecule has 1 aliphatic heterocycles. The zero-order chi connectivity index (χ0) is 11.5. The number of hydrogen-bond acceptors (Lipinski definition) is 2. The van der Waals surface area contributed by atoms with Crippen LogP contribution in [0.4, 0.5) is 0 Å². The van der Waals surface area contributed by atoms with Crippen LogP contribution in [0.1, 0.15) is 34.1 Å². The molecule has 0 aliphatic carbocycles. The van der Waals surface area contributed by atoms with Gasteiger partial charge in [0.05, 0.1) is 0 Å². The van der Waals surface area contributed by atoms with Crippen molar-refractivity contribution in [3.05, 3.63) is 11.1 Å². The maximum atomic E-state index is 5.72. The van der Waals surface area contributed by atoms with E-state index in [1.807, 2.05) is 0 Å². The third-order valence-electron chi connectivity index (χ3n) is 3.42. The lowest BCUT2D eigenvalue weighted by atomic mass is 9.93. The third kappa shape index (κ3) is 3.47. The minimum atomic E-state index is 0.263. The molecular weight excluding hydrogens is 208 g/mol. The Labute approximate surface area is 98.7 Å². The van der Waals surface area contributed by atoms with Gasteiger partial charge in [0.15, 0.2) is 0 Å². The van der Waals surface area contributed by atoms with Crippen molar-refractivity contribution in [3.63, 3.8) is 0 Å². The summed E-state index contributed by atoms with van der Waals surface area (Å²) >= 11 is 5.72. The summed E-state index contributed by atoms with van der Waals surface area (Å²) in [6.45, 7) is 12.1. The minimum absolute atomic E-state index is 0.263. The molecule has 1 saturated heterocycles. The van der Waals surface area contributed by atoms with Crippen LogP contribution >= 0.6 is 11.6 Å². The predicted octanol–water partition coefficient (Wildman–Crippen LogP) is 2.59. The Morgan fingerprint density at radius 1 is 1.67 bits per heavy atom. The average molecular weight is 231 g/mol. The van der Waals surface area contributed by atoms with Gasteiger partial charge in [-0.25, -0.2) is 0 Å². The number of rotatable bonds is 3. The Morgan fingerprint density at radius 2 is 2.33 bits per heavy atom. The number of nitrogens with zero attached hydrogens (tertiary/aromatic N) is 1. The molecule has 0 amide bonds. The molecule has 2 nitrogen and oxygen atoms in total. The van der Waals surface area contributed by atoms with Crippen LogP contribution in [0.5, 0.6) is 0 Å². The number of hydrogen-bond donors (Lipinski definition) is 1. The van der Waals surface area contributed by atoms with Crippen molar-refractivity contribution in [1.29, 1.82) is 0 Å². The first-order valence-electron chi connectivity index (χ1n) is 5.75. The third-order valence-corrected chi connectivity index (χ3v) is 3.79. The highest BCUT2D eigenvalue weighted by Crippen LogP contribution is 2.19. The van der Waals surface area contributed by atoms with E-state index in [-0.39, 0.29) is 5.54 Å². The van der Waals surface area contributed by atoms with Gasteiger partial charge in [0.25, 0.3) is 0 Å². The van der Waals surface area contributed by atoms with Gasteiger partial charge in [-0.1, -0.05) is 18.5 Å². The molecule has 0 spiro atoms. The van der Waals surface area contributed by atoms with Crippen LogP contribution < -0.4 is 5.32 Å². The van der Waals surface area contributed by atoms with Gasteiger partial charge in [0.1, 0.15) is 0 Å². The molecule has 1 heterocycles. The monoisotopic (exact) mass is 230 g/mol. The largest absolute Gasteiger partial charge is 0.309 e. The van der Waals surface area contributed by atoms with Crippen molar-refractivity contribution in [2.75, 3.05) is 19.6 Å². The van der Waals surface area contributed by atoms with E-state index in [0.717, 1.165) is 19.6 Å². The maximum Gasteiger partial charge on any atom is 0.0278 e. The van der Waals surface area contributed by atoms with Crippen molar-refractivity contribution >= 4 is 11.6 Å². The lowest BCUT2D eigenvalue weighted by molar-refractivity contribution is 0.102. The number of nitrogens with one attached hydrogen (secondary N) is 1. The van der Waals surface area contributed by atoms with Gasteiger partial charge in [0.2, 0.25) is 0 Å². The normalized spacial score (nSPS) is 34.5. The first-order chi connectivity index (χ1) is 7.00. The second-order valence-electron chi connectivity index (χ2n) is 5.00. The molecule has 0 aromatic carbocycles. The molecule has 15 heavy (non-hydrogen) atoms. The summed E-state index contributed by atoms with van der Waals surface area (Å²) in [5.41, 5.74) is 3.20. The van der Waals surface area contributed by atoms with Crippen molar-refractivity contribution < 1.29 is 0 Å². The Morgan fingerprint density at radius 3 is 2.87 bits per heavy atom. The Kier molecular flexibility index (Phi) is 4.63. The molecule has 0 aromatic rings. The topological polar surface area (TPSA) is 15.3 Å². The van der Waals surface area contributed by atoms with Crippen molar-refractivity contribution in [3.8, 4) is 0 Å². The van der Waals surface area contributed by atoms with Crippen LogP contribution in [0, 0.1) is 0 Å². The summed E-state index contributed by atoms with van der Waals surface area (Å²) in [6.07, 6.45) is 1.17. The van der Waals surface area contributed by atoms with Gasteiger partial charge in [-0.15, -0.1) is 0 Å². The summed E-state index contributed by atoms with van der Waals surface area (Å²) in [7, 11) is 0. The second-order valence-corrected chi connectivity index (χ2v) is 5.22. The van der Waals surface area contributed by atoms with E-state index in [1.165, 1.54) is 12.0 Å². The molecule has 3 heteroatoms. The molecule has 1 N–H and O–H groups in total. The molecule has 0 radical (unpaired) electrons. The maximum absolute atomic E-state index is 5.72. The number of piperazine rings is 1. The van der Waals surface area contributed by atoms with Gasteiger partial charge >= 0.3 is 0 Å². The lowest BCUT2D eigenvalue weighted by Gasteiger charge is -2.45. The van der Waals surface area contributed by atoms with Crippen LogP contribution in [0.3, 0.4) is 0 Å². The lowest BCUT2D eigenvalue weighted by Crippen LogP contribution is -2.62. The summed E-state index contributed by atoms with van der Waals surface area (Å²) in [5, 5.41) is 3.62. The highest BCUT2D eigenvalue weighted by molar-refractivity contribution is 6.25. The van der Waals surface area contributed by atoms with E-state index in [4.69, 9.17) is 11.6 Å². The molecule has 88 valence electrons. The standard InChI is InChI=1S/C12H23ClN2/c1-5-12(4)9-15(8-10(2)6-13)11(3)7-14-12/h6,11,14H,5,7-9H2,1-4H3. The van der Waals surface area contributed by atoms with E-state index in [0.29, 0.717) is 6.04 Å². The summed E-state index contributed by atoms with van der Waals surface area (Å²) in [6, 6.07) is 0.594. The summed E-state index contributed by atoms with van der Waals surface area (Å²) in [4.78, 5) is 2.51. The highest BCUT2D eigenvalue weighted by Gasteiger charge is 2.32. The first-order valence-corrected chi connectivity index (χ1v) is 6.19. The second kappa shape index (κ2) is 5.33. The Bertz CT molecular complexity index is 240. The smallest absolute Gasteiger partial charge is 0.0278 e. The summed E-state index contributed by atoms with van der Waals surface area (Å²) in [5.74, 6) is 0. The van der Waals surface area contributed by atoms with Gasteiger partial charge < -0.3 is 5.32 Å². The van der Waals surface area contributed by atoms with Crippen LogP contribution in [-0.2, 0) is 0 Å². The zero-order valence-corrected chi connectivity index (χ0v) is 11.1. The van der Waals surface area contributed by atoms with Crippen LogP contribution in [0.2, 0.25) is 0 Å². The first kappa shape index (κ1) is 13.0. The quantitative estimate of drug-likeness (QED) is 0.802. The number of halogens is 1. The molecule has 1 fully saturated rings. The average Bonchev–Trinajstić information content (AvgIpc) is 2.23. The van der Waals surface area contributed by atoms with E-state index in [9.17, 15) is 0 Å². The molecular formula is C12H23ClN2. The van der Waals surface area contributed by atoms with Gasteiger partial charge in [-0.3, -0.25) is 4.90 Å². The van der Waals surface area contributed by atoms with Gasteiger partial charge in [-0.05, 0) is 32.8 Å². The van der Waals surface area contributed by atoms with Crippen LogP contribution in [0.15, 0.2) is 11.1 Å². The highest BCUT2D eigenvalue weighted by atomic mass is 35.5. The fourth-order valence-corrected chi connectivity index (χ4v) is 2.06. The van der Waals surface area contributed by atoms with Crippen LogP contribution in [-0.4, -0.2) is 36.1 Å². The molecule has 0 saturated carbocycles. The van der Waals surface area contributed by atoms with Crippen LogP contribution in [0.25, 0.3) is 0 Å². The van der Waals surface area contributed by atoms with Crippen molar-refractivity contribution in [2.45, 2.75) is 45.7 Å². The van der Waals surface area contributed by atoms with E-state index >= 15 is 0 Å². The fraction of sp³-hybridized carbons (Fsp3) is 0.833. The molecule has 2 unspecified atom stereocenters. The summed E-state index contributed by atoms with van der Waals surface area (Å²) < 4.78 is 0. The molecule has 2 atom stereocenters. The SMILES string of the molecule is CCC1(C)CN(CC(C)=CCl)C(C)CN1. The van der Waals surface area contributed by atoms with E-state index < -0.39 is 0 Å². The zero-order valence-electron chi connectivity index (χ0n) is 10.3. The Hall–Kier alpha value is -0.0500. The fourth-order valence-electron chi connectivity index (χ4n) is 1.99. The molecule has 1 aliphatic rings.